The van der Waals surface area contributed by atoms with Gasteiger partial charge in [0.05, 0.1) is 27.2 Å². The fourth-order valence-corrected chi connectivity index (χ4v) is 4.19. The Morgan fingerprint density at radius 3 is 2.76 bits per heavy atom. The van der Waals surface area contributed by atoms with Crippen molar-refractivity contribution in [1.29, 1.82) is 0 Å². The van der Waals surface area contributed by atoms with Crippen LogP contribution in [0.15, 0.2) is 24.3 Å². The summed E-state index contributed by atoms with van der Waals surface area (Å²) in [6.45, 7) is 0.971. The van der Waals surface area contributed by atoms with Crippen LogP contribution in [0.3, 0.4) is 0 Å². The molecule has 1 aromatic carbocycles. The first-order chi connectivity index (χ1) is 12.1. The highest BCUT2D eigenvalue weighted by Crippen LogP contribution is 2.25. The minimum Gasteiger partial charge on any atom is -0.481 e. The van der Waals surface area contributed by atoms with Crippen LogP contribution >= 0.6 is 11.3 Å². The smallest absolute Gasteiger partial charge is 0.305 e. The van der Waals surface area contributed by atoms with Crippen molar-refractivity contribution < 1.29 is 19.4 Å². The van der Waals surface area contributed by atoms with Gasteiger partial charge in [0.15, 0.2) is 0 Å². The average Bonchev–Trinajstić information content (AvgIpc) is 2.97. The minimum atomic E-state index is -0.892. The number of ether oxygens (including phenoxy) is 1. The number of hydrogen-bond acceptors (Lipinski definition) is 5. The fraction of sp³-hybridized carbons (Fsp3) is 0.500. The largest absolute Gasteiger partial charge is 0.481 e. The van der Waals surface area contributed by atoms with Crippen molar-refractivity contribution in [1.82, 2.24) is 10.3 Å². The Kier molecular flexibility index (Phi) is 5.65. The van der Waals surface area contributed by atoms with Gasteiger partial charge in [-0.15, -0.1) is 11.3 Å². The minimum absolute atomic E-state index is 0.0556. The maximum absolute atomic E-state index is 12.3. The molecular weight excluding hydrogens is 340 g/mol. The molecule has 1 aliphatic rings. The number of amides is 1. The van der Waals surface area contributed by atoms with E-state index >= 15 is 0 Å². The molecule has 1 amide bonds. The number of aryl methyl sites for hydroxylation is 1. The number of fused-ring (bicyclic) bond motifs is 1. The normalized spacial score (nSPS) is 16.6. The van der Waals surface area contributed by atoms with Gasteiger partial charge in [0.1, 0.15) is 0 Å². The quantitative estimate of drug-likeness (QED) is 0.791. The lowest BCUT2D eigenvalue weighted by atomic mass is 9.86. The summed E-state index contributed by atoms with van der Waals surface area (Å²) in [6.07, 6.45) is 2.86. The number of carbonyl (C=O) groups excluding carboxylic acids is 1. The van der Waals surface area contributed by atoms with Crippen LogP contribution in [0.4, 0.5) is 0 Å². The first-order valence-corrected chi connectivity index (χ1v) is 9.33. The molecule has 0 aliphatic carbocycles. The Morgan fingerprint density at radius 1 is 1.28 bits per heavy atom. The molecule has 134 valence electrons. The summed E-state index contributed by atoms with van der Waals surface area (Å²) in [5.74, 6) is -0.985. The number of aromatic nitrogens is 1. The first kappa shape index (κ1) is 17.8. The monoisotopic (exact) mass is 362 g/mol. The van der Waals surface area contributed by atoms with E-state index in [0.717, 1.165) is 21.6 Å². The number of carboxylic acids is 1. The van der Waals surface area contributed by atoms with Crippen LogP contribution in [0.25, 0.3) is 10.2 Å². The number of carbonyl (C=O) groups is 2. The van der Waals surface area contributed by atoms with Crippen LogP contribution < -0.4 is 5.32 Å². The Labute approximate surface area is 150 Å². The topological polar surface area (TPSA) is 88.5 Å². The predicted molar refractivity (Wildman–Crippen MR) is 95.7 cm³/mol. The zero-order valence-electron chi connectivity index (χ0n) is 14.0. The molecule has 0 radical (unpaired) electrons. The van der Waals surface area contributed by atoms with E-state index in [2.05, 4.69) is 10.3 Å². The average molecular weight is 362 g/mol. The molecule has 2 heterocycles. The molecule has 0 saturated carbocycles. The van der Waals surface area contributed by atoms with E-state index in [1.807, 2.05) is 24.3 Å². The molecule has 6 nitrogen and oxygen atoms in total. The fourth-order valence-electron chi connectivity index (χ4n) is 3.18. The molecule has 2 aromatic rings. The highest BCUT2D eigenvalue weighted by molar-refractivity contribution is 7.18. The SMILES string of the molecule is O=C(O)CC1(NC(=O)CCCc2nc3ccccc3s2)CCOCC1. The second-order valence-electron chi connectivity index (χ2n) is 6.44. The predicted octanol–water partition coefficient (Wildman–Crippen LogP) is 2.76. The molecule has 7 heteroatoms. The van der Waals surface area contributed by atoms with Crippen LogP contribution in [0.5, 0.6) is 0 Å². The van der Waals surface area contributed by atoms with E-state index < -0.39 is 11.5 Å². The molecule has 0 spiro atoms. The molecule has 0 bridgehead atoms. The number of para-hydroxylation sites is 1. The van der Waals surface area contributed by atoms with E-state index in [4.69, 9.17) is 9.84 Å². The Hall–Kier alpha value is -1.99. The Bertz CT molecular complexity index is 719. The number of rotatable bonds is 7. The van der Waals surface area contributed by atoms with Gasteiger partial charge in [-0.2, -0.15) is 0 Å². The van der Waals surface area contributed by atoms with E-state index in [0.29, 0.717) is 38.9 Å². The van der Waals surface area contributed by atoms with E-state index in [-0.39, 0.29) is 12.3 Å². The van der Waals surface area contributed by atoms with Crippen molar-refractivity contribution in [3.05, 3.63) is 29.3 Å². The molecule has 25 heavy (non-hydrogen) atoms. The first-order valence-electron chi connectivity index (χ1n) is 8.51. The van der Waals surface area contributed by atoms with Crippen LogP contribution in [0.2, 0.25) is 0 Å². The third kappa shape index (κ3) is 4.76. The van der Waals surface area contributed by atoms with Gasteiger partial charge in [0.25, 0.3) is 0 Å². The third-order valence-corrected chi connectivity index (χ3v) is 5.57. The standard InChI is InChI=1S/C18H22N2O4S/c21-15(20-18(12-17(22)23)8-10-24-11-9-18)6-3-7-16-19-13-4-1-2-5-14(13)25-16/h1-2,4-5H,3,6-12H2,(H,20,21)(H,22,23). The Morgan fingerprint density at radius 2 is 2.04 bits per heavy atom. The van der Waals surface area contributed by atoms with Gasteiger partial charge >= 0.3 is 5.97 Å². The van der Waals surface area contributed by atoms with Crippen molar-refractivity contribution in [2.45, 2.75) is 44.1 Å². The van der Waals surface area contributed by atoms with Crippen molar-refractivity contribution >= 4 is 33.4 Å². The molecule has 1 saturated heterocycles. The summed E-state index contributed by atoms with van der Waals surface area (Å²) in [4.78, 5) is 28.0. The maximum Gasteiger partial charge on any atom is 0.305 e. The summed E-state index contributed by atoms with van der Waals surface area (Å²) < 4.78 is 6.46. The van der Waals surface area contributed by atoms with Crippen LogP contribution in [0.1, 0.15) is 37.1 Å². The van der Waals surface area contributed by atoms with Gasteiger partial charge < -0.3 is 15.2 Å². The van der Waals surface area contributed by atoms with Crippen molar-refractivity contribution in [2.24, 2.45) is 0 Å². The molecule has 1 fully saturated rings. The maximum atomic E-state index is 12.3. The zero-order valence-corrected chi connectivity index (χ0v) is 14.8. The van der Waals surface area contributed by atoms with Gasteiger partial charge in [-0.05, 0) is 37.8 Å². The number of nitrogens with one attached hydrogen (secondary N) is 1. The zero-order chi connectivity index (χ0) is 17.7. The lowest BCUT2D eigenvalue weighted by Gasteiger charge is -2.36. The van der Waals surface area contributed by atoms with Crippen molar-refractivity contribution in [2.75, 3.05) is 13.2 Å². The van der Waals surface area contributed by atoms with Gasteiger partial charge in [0, 0.05) is 19.6 Å². The Balaban J connectivity index is 1.51. The van der Waals surface area contributed by atoms with Crippen LogP contribution in [0, 0.1) is 0 Å². The van der Waals surface area contributed by atoms with Gasteiger partial charge in [-0.25, -0.2) is 4.98 Å². The molecule has 1 aliphatic heterocycles. The molecule has 0 unspecified atom stereocenters. The van der Waals surface area contributed by atoms with Gasteiger partial charge in [-0.1, -0.05) is 12.1 Å². The lowest BCUT2D eigenvalue weighted by molar-refractivity contribution is -0.140. The number of thiazole rings is 1. The molecule has 2 N–H and O–H groups in total. The van der Waals surface area contributed by atoms with Gasteiger partial charge in [-0.3, -0.25) is 9.59 Å². The molecular formula is C18H22N2O4S. The van der Waals surface area contributed by atoms with E-state index in [9.17, 15) is 9.59 Å². The van der Waals surface area contributed by atoms with Crippen molar-refractivity contribution in [3.8, 4) is 0 Å². The highest BCUT2D eigenvalue weighted by Gasteiger charge is 2.36. The van der Waals surface area contributed by atoms with E-state index in [1.165, 1.54) is 0 Å². The van der Waals surface area contributed by atoms with Crippen LogP contribution in [-0.2, 0) is 20.7 Å². The summed E-state index contributed by atoms with van der Waals surface area (Å²) in [5.41, 5.74) is 0.325. The van der Waals surface area contributed by atoms with Gasteiger partial charge in [0.2, 0.25) is 5.91 Å². The molecule has 3 rings (SSSR count). The second kappa shape index (κ2) is 7.93. The van der Waals surface area contributed by atoms with Crippen molar-refractivity contribution in [3.63, 3.8) is 0 Å². The molecule has 1 aromatic heterocycles. The number of hydrogen-bond donors (Lipinski definition) is 2. The summed E-state index contributed by atoms with van der Waals surface area (Å²) in [5, 5.41) is 13.1. The number of aliphatic carboxylic acids is 1. The number of benzene rings is 1. The lowest BCUT2D eigenvalue weighted by Crippen LogP contribution is -2.53. The third-order valence-electron chi connectivity index (χ3n) is 4.48. The summed E-state index contributed by atoms with van der Waals surface area (Å²) in [6, 6.07) is 8.00. The van der Waals surface area contributed by atoms with Crippen LogP contribution in [-0.4, -0.2) is 40.7 Å². The summed E-state index contributed by atoms with van der Waals surface area (Å²) in [7, 11) is 0. The van der Waals surface area contributed by atoms with E-state index in [1.54, 1.807) is 11.3 Å². The summed E-state index contributed by atoms with van der Waals surface area (Å²) >= 11 is 1.66. The second-order valence-corrected chi connectivity index (χ2v) is 7.56. The highest BCUT2D eigenvalue weighted by atomic mass is 32.1. The molecule has 0 atom stereocenters. The number of nitrogens with zero attached hydrogens (tertiary/aromatic N) is 1. The number of carboxylic acid groups (broad SMARTS) is 1.